The maximum Gasteiger partial charge on any atom is 0.235 e. The Kier molecular flexibility index (Phi) is 1.60. The minimum Gasteiger partial charge on any atom is -0.368 e. The van der Waals surface area contributed by atoms with Crippen molar-refractivity contribution in [3.05, 3.63) is 0 Å². The summed E-state index contributed by atoms with van der Waals surface area (Å²) < 4.78 is -0.961. The Balaban J connectivity index is 2.72. The standard InChI is InChI=1S/C5H8N2O2S/c6-4(9)5(10)1-3(8)7-2-5/h10H,1-2H2,(H2,6,9)(H,7,8). The molecule has 0 bridgehead atoms. The molecule has 10 heavy (non-hydrogen) atoms. The Morgan fingerprint density at radius 1 is 1.80 bits per heavy atom. The van der Waals surface area contributed by atoms with Gasteiger partial charge in [-0.2, -0.15) is 12.6 Å². The first-order valence-electron chi connectivity index (χ1n) is 2.83. The van der Waals surface area contributed by atoms with E-state index in [0.29, 0.717) is 0 Å². The van der Waals surface area contributed by atoms with Crippen molar-refractivity contribution in [1.82, 2.24) is 5.32 Å². The molecule has 0 aromatic heterocycles. The third-order valence-electron chi connectivity index (χ3n) is 1.49. The molecule has 0 spiro atoms. The first-order valence-corrected chi connectivity index (χ1v) is 3.28. The Bertz CT molecular complexity index is 194. The van der Waals surface area contributed by atoms with E-state index in [1.807, 2.05) is 0 Å². The molecule has 1 unspecified atom stereocenters. The SMILES string of the molecule is NC(=O)C1(S)CNC(=O)C1. The number of hydrogen-bond acceptors (Lipinski definition) is 3. The van der Waals surface area contributed by atoms with Gasteiger partial charge >= 0.3 is 0 Å². The fourth-order valence-electron chi connectivity index (χ4n) is 0.810. The van der Waals surface area contributed by atoms with Crippen LogP contribution in [0.15, 0.2) is 0 Å². The lowest BCUT2D eigenvalue weighted by atomic mass is 10.1. The van der Waals surface area contributed by atoms with Crippen LogP contribution in [0.25, 0.3) is 0 Å². The van der Waals surface area contributed by atoms with Crippen molar-refractivity contribution in [2.45, 2.75) is 11.2 Å². The number of nitrogens with two attached hydrogens (primary N) is 1. The minimum absolute atomic E-state index is 0.0887. The third kappa shape index (κ3) is 1.09. The van der Waals surface area contributed by atoms with Crippen LogP contribution in [0.3, 0.4) is 0 Å². The van der Waals surface area contributed by atoms with Crippen molar-refractivity contribution < 1.29 is 9.59 Å². The van der Waals surface area contributed by atoms with Gasteiger partial charge in [-0.15, -0.1) is 0 Å². The van der Waals surface area contributed by atoms with Gasteiger partial charge in [0.15, 0.2) is 0 Å². The van der Waals surface area contributed by atoms with Gasteiger partial charge < -0.3 is 11.1 Å². The lowest BCUT2D eigenvalue weighted by molar-refractivity contribution is -0.123. The van der Waals surface area contributed by atoms with Crippen LogP contribution in [-0.4, -0.2) is 23.1 Å². The van der Waals surface area contributed by atoms with Crippen LogP contribution in [0.1, 0.15) is 6.42 Å². The number of rotatable bonds is 1. The summed E-state index contributed by atoms with van der Waals surface area (Å²) in [5.74, 6) is -0.719. The predicted molar refractivity (Wildman–Crippen MR) is 38.5 cm³/mol. The topological polar surface area (TPSA) is 72.2 Å². The number of amides is 2. The Hall–Kier alpha value is -0.710. The van der Waals surface area contributed by atoms with E-state index in [9.17, 15) is 9.59 Å². The molecule has 1 fully saturated rings. The van der Waals surface area contributed by atoms with Gasteiger partial charge in [0.2, 0.25) is 11.8 Å². The number of hydrogen-bond donors (Lipinski definition) is 3. The Labute approximate surface area is 63.6 Å². The van der Waals surface area contributed by atoms with E-state index >= 15 is 0 Å². The zero-order valence-electron chi connectivity index (χ0n) is 5.26. The number of nitrogens with one attached hydrogen (secondary N) is 1. The van der Waals surface area contributed by atoms with Gasteiger partial charge in [-0.1, -0.05) is 0 Å². The molecule has 5 heteroatoms. The van der Waals surface area contributed by atoms with E-state index in [1.54, 1.807) is 0 Å². The smallest absolute Gasteiger partial charge is 0.235 e. The molecule has 1 saturated heterocycles. The first-order chi connectivity index (χ1) is 4.54. The van der Waals surface area contributed by atoms with Crippen LogP contribution < -0.4 is 11.1 Å². The molecule has 2 amide bonds. The zero-order chi connectivity index (χ0) is 7.78. The van der Waals surface area contributed by atoms with E-state index in [-0.39, 0.29) is 18.9 Å². The lowest BCUT2D eigenvalue weighted by Crippen LogP contribution is -2.40. The second-order valence-corrected chi connectivity index (χ2v) is 3.21. The summed E-state index contributed by atoms with van der Waals surface area (Å²) in [4.78, 5) is 21.2. The van der Waals surface area contributed by atoms with Crippen molar-refractivity contribution in [1.29, 1.82) is 0 Å². The second-order valence-electron chi connectivity index (χ2n) is 2.35. The van der Waals surface area contributed by atoms with Crippen LogP contribution >= 0.6 is 12.6 Å². The molecule has 0 saturated carbocycles. The van der Waals surface area contributed by atoms with E-state index in [2.05, 4.69) is 17.9 Å². The van der Waals surface area contributed by atoms with E-state index in [0.717, 1.165) is 0 Å². The number of carbonyl (C=O) groups is 2. The quantitative estimate of drug-likeness (QED) is 0.415. The maximum absolute atomic E-state index is 10.6. The average molecular weight is 160 g/mol. The Morgan fingerprint density at radius 2 is 2.40 bits per heavy atom. The molecule has 56 valence electrons. The Morgan fingerprint density at radius 3 is 2.60 bits per heavy atom. The van der Waals surface area contributed by atoms with Gasteiger partial charge in [-0.25, -0.2) is 0 Å². The summed E-state index contributed by atoms with van der Waals surface area (Å²) in [6, 6.07) is 0. The summed E-state index contributed by atoms with van der Waals surface area (Å²) in [6.07, 6.45) is 0.0887. The van der Waals surface area contributed by atoms with Gasteiger partial charge in [-0.3, -0.25) is 9.59 Å². The molecule has 1 atom stereocenters. The monoisotopic (exact) mass is 160 g/mol. The molecular formula is C5H8N2O2S. The van der Waals surface area contributed by atoms with Crippen molar-refractivity contribution in [2.75, 3.05) is 6.54 Å². The van der Waals surface area contributed by atoms with Crippen LogP contribution in [0.4, 0.5) is 0 Å². The van der Waals surface area contributed by atoms with Crippen molar-refractivity contribution in [2.24, 2.45) is 5.73 Å². The molecule has 0 radical (unpaired) electrons. The van der Waals surface area contributed by atoms with E-state index < -0.39 is 10.7 Å². The van der Waals surface area contributed by atoms with E-state index in [1.165, 1.54) is 0 Å². The van der Waals surface area contributed by atoms with Gasteiger partial charge in [0, 0.05) is 6.54 Å². The normalized spacial score (nSPS) is 31.9. The molecule has 4 nitrogen and oxygen atoms in total. The highest BCUT2D eigenvalue weighted by Crippen LogP contribution is 2.22. The van der Waals surface area contributed by atoms with Crippen molar-refractivity contribution in [3.8, 4) is 0 Å². The number of primary amides is 1. The highest BCUT2D eigenvalue weighted by molar-refractivity contribution is 7.82. The average Bonchev–Trinajstić information content (AvgIpc) is 2.13. The fraction of sp³-hybridized carbons (Fsp3) is 0.600. The molecule has 3 N–H and O–H groups in total. The van der Waals surface area contributed by atoms with Gasteiger partial charge in [0.05, 0.1) is 6.42 Å². The maximum atomic E-state index is 10.6. The highest BCUT2D eigenvalue weighted by Gasteiger charge is 2.40. The summed E-state index contributed by atoms with van der Waals surface area (Å²) >= 11 is 3.98. The molecule has 1 aliphatic heterocycles. The summed E-state index contributed by atoms with van der Waals surface area (Å²) in [7, 11) is 0. The molecular weight excluding hydrogens is 152 g/mol. The zero-order valence-corrected chi connectivity index (χ0v) is 6.15. The van der Waals surface area contributed by atoms with Gasteiger partial charge in [0.1, 0.15) is 4.75 Å². The summed E-state index contributed by atoms with van der Waals surface area (Å²) in [5, 5.41) is 2.48. The predicted octanol–water partition coefficient (Wildman–Crippen LogP) is -1.34. The lowest BCUT2D eigenvalue weighted by Gasteiger charge is -2.13. The molecule has 0 aromatic carbocycles. The molecule has 0 aliphatic carbocycles. The van der Waals surface area contributed by atoms with Crippen LogP contribution in [0, 0.1) is 0 Å². The van der Waals surface area contributed by atoms with Crippen LogP contribution in [-0.2, 0) is 9.59 Å². The number of carbonyl (C=O) groups excluding carboxylic acids is 2. The molecule has 0 aromatic rings. The summed E-state index contributed by atoms with van der Waals surface area (Å²) in [6.45, 7) is 0.240. The first kappa shape index (κ1) is 7.40. The van der Waals surface area contributed by atoms with Crippen LogP contribution in [0.2, 0.25) is 0 Å². The molecule has 1 aliphatic rings. The molecule has 1 rings (SSSR count). The molecule has 1 heterocycles. The fourth-order valence-corrected chi connectivity index (χ4v) is 1.03. The van der Waals surface area contributed by atoms with Crippen molar-refractivity contribution >= 4 is 24.4 Å². The second kappa shape index (κ2) is 2.16. The largest absolute Gasteiger partial charge is 0.368 e. The van der Waals surface area contributed by atoms with Crippen molar-refractivity contribution in [3.63, 3.8) is 0 Å². The number of thiol groups is 1. The summed E-state index contributed by atoms with van der Waals surface area (Å²) in [5.41, 5.74) is 4.99. The van der Waals surface area contributed by atoms with Gasteiger partial charge in [0.25, 0.3) is 0 Å². The minimum atomic E-state index is -0.961. The van der Waals surface area contributed by atoms with Crippen LogP contribution in [0.5, 0.6) is 0 Å². The highest BCUT2D eigenvalue weighted by atomic mass is 32.1. The van der Waals surface area contributed by atoms with Gasteiger partial charge in [-0.05, 0) is 0 Å². The third-order valence-corrected chi connectivity index (χ3v) is 2.03. The van der Waals surface area contributed by atoms with E-state index in [4.69, 9.17) is 5.73 Å².